The first-order chi connectivity index (χ1) is 4.91. The summed E-state index contributed by atoms with van der Waals surface area (Å²) in [5, 5.41) is 0. The maximum Gasteiger partial charge on any atom is 0.000327 e. The van der Waals surface area contributed by atoms with E-state index in [0.29, 0.717) is 0 Å². The van der Waals surface area contributed by atoms with Crippen LogP contribution in [-0.4, -0.2) is 11.5 Å². The first-order valence-corrected chi connectivity index (χ1v) is 5.30. The molecule has 0 unspecified atom stereocenters. The Morgan fingerprint density at radius 1 is 1.10 bits per heavy atom. The minimum atomic E-state index is 0.769. The summed E-state index contributed by atoms with van der Waals surface area (Å²) in [7, 11) is 0. The summed E-state index contributed by atoms with van der Waals surface area (Å²) in [5.41, 5.74) is 0.769. The van der Waals surface area contributed by atoms with Crippen LogP contribution in [0.4, 0.5) is 0 Å². The quantitative estimate of drug-likeness (QED) is 0.486. The van der Waals surface area contributed by atoms with Gasteiger partial charge in [-0.1, -0.05) is 26.0 Å². The molecular formula is C9H16S. The van der Waals surface area contributed by atoms with Crippen LogP contribution < -0.4 is 0 Å². The van der Waals surface area contributed by atoms with E-state index in [0.717, 1.165) is 5.41 Å². The lowest BCUT2D eigenvalue weighted by Crippen LogP contribution is -2.32. The summed E-state index contributed by atoms with van der Waals surface area (Å²) in [6, 6.07) is 0. The second-order valence-corrected chi connectivity index (χ2v) is 3.86. The number of hydrogen-bond acceptors (Lipinski definition) is 1. The Balaban J connectivity index is 0.000000231. The van der Waals surface area contributed by atoms with E-state index in [9.17, 15) is 0 Å². The van der Waals surface area contributed by atoms with Gasteiger partial charge in [-0.2, -0.15) is 11.8 Å². The summed E-state index contributed by atoms with van der Waals surface area (Å²) < 4.78 is 0. The molecule has 1 fully saturated rings. The van der Waals surface area contributed by atoms with Crippen molar-refractivity contribution in [3.63, 3.8) is 0 Å². The molecule has 1 saturated heterocycles. The molecule has 0 aromatic carbocycles. The van der Waals surface area contributed by atoms with Gasteiger partial charge in [0.2, 0.25) is 0 Å². The van der Waals surface area contributed by atoms with E-state index >= 15 is 0 Å². The minimum Gasteiger partial charge on any atom is -0.161 e. The molecule has 1 heteroatoms. The fourth-order valence-electron chi connectivity index (χ4n) is 1.38. The molecule has 0 nitrogen and oxygen atoms in total. The van der Waals surface area contributed by atoms with E-state index in [2.05, 4.69) is 23.9 Å². The molecule has 0 amide bonds. The second kappa shape index (κ2) is 3.47. The van der Waals surface area contributed by atoms with Gasteiger partial charge < -0.3 is 0 Å². The molecule has 10 heavy (non-hydrogen) atoms. The molecule has 1 spiro atoms. The summed E-state index contributed by atoms with van der Waals surface area (Å²) >= 11 is 2.09. The molecule has 1 heterocycles. The van der Waals surface area contributed by atoms with E-state index in [1.807, 2.05) is 13.8 Å². The van der Waals surface area contributed by atoms with E-state index < -0.39 is 0 Å². The topological polar surface area (TPSA) is 0 Å². The van der Waals surface area contributed by atoms with Crippen molar-refractivity contribution in [2.24, 2.45) is 5.41 Å². The molecule has 0 N–H and O–H groups in total. The Bertz CT molecular complexity index is 113. The van der Waals surface area contributed by atoms with Gasteiger partial charge >= 0.3 is 0 Å². The minimum absolute atomic E-state index is 0.769. The van der Waals surface area contributed by atoms with Gasteiger partial charge in [0.05, 0.1) is 0 Å². The zero-order valence-electron chi connectivity index (χ0n) is 6.89. The summed E-state index contributed by atoms with van der Waals surface area (Å²) in [4.78, 5) is 0. The van der Waals surface area contributed by atoms with Gasteiger partial charge in [0, 0.05) is 11.5 Å². The Morgan fingerprint density at radius 2 is 1.60 bits per heavy atom. The highest BCUT2D eigenvalue weighted by Gasteiger charge is 2.37. The van der Waals surface area contributed by atoms with Crippen LogP contribution in [0.1, 0.15) is 26.7 Å². The Hall–Kier alpha value is 0.0900. The maximum absolute atomic E-state index is 2.33. The van der Waals surface area contributed by atoms with Gasteiger partial charge in [-0.25, -0.2) is 0 Å². The molecule has 58 valence electrons. The van der Waals surface area contributed by atoms with Gasteiger partial charge in [-0.3, -0.25) is 0 Å². The SMILES string of the molecule is C1=CCC2(C1)CSC2.CC. The fraction of sp³-hybridized carbons (Fsp3) is 0.778. The normalized spacial score (nSPS) is 25.4. The van der Waals surface area contributed by atoms with Crippen LogP contribution in [0.5, 0.6) is 0 Å². The zero-order chi connectivity index (χ0) is 7.45. The van der Waals surface area contributed by atoms with Gasteiger partial charge in [0.1, 0.15) is 0 Å². The van der Waals surface area contributed by atoms with Crippen molar-refractivity contribution in [1.29, 1.82) is 0 Å². The van der Waals surface area contributed by atoms with E-state index in [4.69, 9.17) is 0 Å². The third-order valence-corrected chi connectivity index (χ3v) is 3.72. The lowest BCUT2D eigenvalue weighted by molar-refractivity contribution is 0.393. The number of thioether (sulfide) groups is 1. The first kappa shape index (κ1) is 8.19. The van der Waals surface area contributed by atoms with Crippen LogP contribution in [0.2, 0.25) is 0 Å². The van der Waals surface area contributed by atoms with Crippen LogP contribution >= 0.6 is 11.8 Å². The van der Waals surface area contributed by atoms with Gasteiger partial charge in [0.15, 0.2) is 0 Å². The van der Waals surface area contributed by atoms with Gasteiger partial charge in [-0.15, -0.1) is 0 Å². The van der Waals surface area contributed by atoms with E-state index in [1.165, 1.54) is 24.3 Å². The lowest BCUT2D eigenvalue weighted by Gasteiger charge is -2.37. The molecule has 1 aliphatic carbocycles. The van der Waals surface area contributed by atoms with Crippen molar-refractivity contribution >= 4 is 11.8 Å². The van der Waals surface area contributed by atoms with Crippen molar-refractivity contribution in [2.45, 2.75) is 26.7 Å². The average Bonchev–Trinajstić information content (AvgIpc) is 2.38. The molecule has 2 rings (SSSR count). The largest absolute Gasteiger partial charge is 0.161 e. The Kier molecular flexibility index (Phi) is 2.84. The van der Waals surface area contributed by atoms with Gasteiger partial charge in [-0.05, 0) is 18.3 Å². The van der Waals surface area contributed by atoms with Crippen LogP contribution in [0.25, 0.3) is 0 Å². The van der Waals surface area contributed by atoms with E-state index in [1.54, 1.807) is 0 Å². The summed E-state index contributed by atoms with van der Waals surface area (Å²) in [6.07, 6.45) is 7.39. The highest BCUT2D eigenvalue weighted by molar-refractivity contribution is 8.00. The predicted molar refractivity (Wildman–Crippen MR) is 49.5 cm³/mol. The van der Waals surface area contributed by atoms with Crippen LogP contribution in [0.3, 0.4) is 0 Å². The van der Waals surface area contributed by atoms with Crippen LogP contribution in [-0.2, 0) is 0 Å². The molecule has 0 radical (unpaired) electrons. The smallest absolute Gasteiger partial charge is 0.000327 e. The lowest BCUT2D eigenvalue weighted by atomic mass is 9.89. The number of allylic oxidation sites excluding steroid dienone is 2. The predicted octanol–water partition coefficient (Wildman–Crippen LogP) is 3.10. The fourth-order valence-corrected chi connectivity index (χ4v) is 2.63. The van der Waals surface area contributed by atoms with Crippen molar-refractivity contribution in [3.05, 3.63) is 12.2 Å². The molecule has 0 bridgehead atoms. The first-order valence-electron chi connectivity index (χ1n) is 4.14. The molecule has 2 aliphatic rings. The third-order valence-electron chi connectivity index (χ3n) is 2.08. The highest BCUT2D eigenvalue weighted by atomic mass is 32.2. The zero-order valence-corrected chi connectivity index (χ0v) is 7.71. The Labute approximate surface area is 68.1 Å². The summed E-state index contributed by atoms with van der Waals surface area (Å²) in [5.74, 6) is 2.83. The molecule has 0 saturated carbocycles. The molecule has 0 aromatic rings. The van der Waals surface area contributed by atoms with Crippen LogP contribution in [0, 0.1) is 5.41 Å². The molecule has 1 aliphatic heterocycles. The molecule has 0 atom stereocenters. The number of hydrogen-bond donors (Lipinski definition) is 0. The van der Waals surface area contributed by atoms with Crippen molar-refractivity contribution in [3.8, 4) is 0 Å². The van der Waals surface area contributed by atoms with Gasteiger partial charge in [0.25, 0.3) is 0 Å². The van der Waals surface area contributed by atoms with E-state index in [-0.39, 0.29) is 0 Å². The van der Waals surface area contributed by atoms with Crippen molar-refractivity contribution in [2.75, 3.05) is 11.5 Å². The van der Waals surface area contributed by atoms with Crippen molar-refractivity contribution in [1.82, 2.24) is 0 Å². The molecule has 0 aromatic heterocycles. The van der Waals surface area contributed by atoms with Crippen LogP contribution in [0.15, 0.2) is 12.2 Å². The average molecular weight is 156 g/mol. The Morgan fingerprint density at radius 3 is 1.80 bits per heavy atom. The standard InChI is InChI=1S/C7H10S.C2H6/c1-2-4-7(3-1)5-8-6-7;1-2/h1-2H,3-6H2;1-2H3. The monoisotopic (exact) mass is 156 g/mol. The second-order valence-electron chi connectivity index (χ2n) is 2.87. The molecular weight excluding hydrogens is 140 g/mol. The number of rotatable bonds is 0. The summed E-state index contributed by atoms with van der Waals surface area (Å²) in [6.45, 7) is 4.00. The maximum atomic E-state index is 2.33. The highest BCUT2D eigenvalue weighted by Crippen LogP contribution is 2.47. The van der Waals surface area contributed by atoms with Crippen molar-refractivity contribution < 1.29 is 0 Å². The third kappa shape index (κ3) is 1.39.